The zero-order valence-electron chi connectivity index (χ0n) is 10.00. The van der Waals surface area contributed by atoms with Gasteiger partial charge in [0.2, 0.25) is 0 Å². The highest BCUT2D eigenvalue weighted by Crippen LogP contribution is 2.23. The van der Waals surface area contributed by atoms with Crippen molar-refractivity contribution in [2.75, 3.05) is 5.73 Å². The molecule has 1 unspecified atom stereocenters. The summed E-state index contributed by atoms with van der Waals surface area (Å²) in [6.07, 6.45) is 0. The Balaban J connectivity index is 2.36. The smallest absolute Gasteiger partial charge is 0.144 e. The van der Waals surface area contributed by atoms with Crippen LogP contribution in [0.2, 0.25) is 0 Å². The van der Waals surface area contributed by atoms with Gasteiger partial charge in [0.05, 0.1) is 16.6 Å². The van der Waals surface area contributed by atoms with Crippen LogP contribution in [0.5, 0.6) is 0 Å². The molecule has 2 rings (SSSR count). The molecule has 0 aliphatic rings. The van der Waals surface area contributed by atoms with E-state index in [1.165, 1.54) is 0 Å². The van der Waals surface area contributed by atoms with Crippen LogP contribution in [0.25, 0.3) is 0 Å². The van der Waals surface area contributed by atoms with Crippen molar-refractivity contribution in [2.24, 2.45) is 0 Å². The van der Waals surface area contributed by atoms with Crippen LogP contribution in [0.3, 0.4) is 0 Å². The number of halogens is 4. The first-order valence-corrected chi connectivity index (χ1v) is 6.77. The van der Waals surface area contributed by atoms with E-state index >= 15 is 0 Å². The van der Waals surface area contributed by atoms with Gasteiger partial charge in [0.25, 0.3) is 0 Å². The summed E-state index contributed by atoms with van der Waals surface area (Å²) < 4.78 is 65.4. The van der Waals surface area contributed by atoms with Crippen LogP contribution in [0.4, 0.5) is 23.2 Å². The van der Waals surface area contributed by atoms with Gasteiger partial charge in [0.1, 0.15) is 28.2 Å². The normalized spacial score (nSPS) is 12.4. The van der Waals surface area contributed by atoms with Gasteiger partial charge in [-0.3, -0.25) is 4.21 Å². The molecule has 106 valence electrons. The summed E-state index contributed by atoms with van der Waals surface area (Å²) in [6, 6.07) is 4.22. The molecule has 0 fully saturated rings. The molecular formula is C13H9F4NOS. The van der Waals surface area contributed by atoms with Crippen molar-refractivity contribution in [3.8, 4) is 0 Å². The van der Waals surface area contributed by atoms with E-state index in [9.17, 15) is 21.8 Å². The zero-order valence-corrected chi connectivity index (χ0v) is 10.8. The lowest BCUT2D eigenvalue weighted by molar-refractivity contribution is 0.535. The lowest BCUT2D eigenvalue weighted by Crippen LogP contribution is -2.05. The quantitative estimate of drug-likeness (QED) is 0.699. The number of hydrogen-bond donors (Lipinski definition) is 1. The van der Waals surface area contributed by atoms with E-state index in [4.69, 9.17) is 5.73 Å². The summed E-state index contributed by atoms with van der Waals surface area (Å²) in [5, 5.41) is 0. The molecule has 2 aromatic rings. The Hall–Kier alpha value is -1.89. The molecule has 2 aromatic carbocycles. The summed E-state index contributed by atoms with van der Waals surface area (Å²) in [5.74, 6) is -4.23. The molecule has 2 N–H and O–H groups in total. The van der Waals surface area contributed by atoms with Crippen molar-refractivity contribution < 1.29 is 21.8 Å². The molecule has 1 atom stereocenters. The van der Waals surface area contributed by atoms with Gasteiger partial charge < -0.3 is 5.73 Å². The van der Waals surface area contributed by atoms with E-state index in [-0.39, 0.29) is 11.3 Å². The molecule has 0 saturated heterocycles. The maximum absolute atomic E-state index is 13.6. The van der Waals surface area contributed by atoms with E-state index < -0.39 is 44.7 Å². The SMILES string of the molecule is Nc1cc(F)c(S(=O)Cc2cc(F)ccc2F)c(F)c1. The average molecular weight is 303 g/mol. The van der Waals surface area contributed by atoms with E-state index in [0.717, 1.165) is 30.3 Å². The van der Waals surface area contributed by atoms with Gasteiger partial charge in [0, 0.05) is 11.3 Å². The second-order valence-corrected chi connectivity index (χ2v) is 5.43. The van der Waals surface area contributed by atoms with Crippen molar-refractivity contribution in [1.82, 2.24) is 0 Å². The minimum Gasteiger partial charge on any atom is -0.399 e. The maximum atomic E-state index is 13.6. The molecule has 0 saturated carbocycles. The third kappa shape index (κ3) is 2.98. The first-order chi connectivity index (χ1) is 9.38. The Labute approximate surface area is 114 Å². The van der Waals surface area contributed by atoms with E-state index in [2.05, 4.69) is 0 Å². The minimum absolute atomic E-state index is 0.155. The Morgan fingerprint density at radius 3 is 2.15 bits per heavy atom. The summed E-state index contributed by atoms with van der Waals surface area (Å²) in [7, 11) is -2.20. The average Bonchev–Trinajstić information content (AvgIpc) is 2.32. The first-order valence-electron chi connectivity index (χ1n) is 5.45. The molecule has 20 heavy (non-hydrogen) atoms. The highest BCUT2D eigenvalue weighted by molar-refractivity contribution is 7.84. The molecule has 0 radical (unpaired) electrons. The summed E-state index contributed by atoms with van der Waals surface area (Å²) in [6.45, 7) is 0. The number of anilines is 1. The second kappa shape index (κ2) is 5.62. The minimum atomic E-state index is -2.20. The van der Waals surface area contributed by atoms with Gasteiger partial charge in [-0.1, -0.05) is 0 Å². The van der Waals surface area contributed by atoms with Gasteiger partial charge in [-0.25, -0.2) is 17.6 Å². The molecule has 0 aromatic heterocycles. The van der Waals surface area contributed by atoms with Gasteiger partial charge in [-0.15, -0.1) is 0 Å². The lowest BCUT2D eigenvalue weighted by Gasteiger charge is -2.07. The first kappa shape index (κ1) is 14.5. The number of nitrogen functional groups attached to an aromatic ring is 1. The van der Waals surface area contributed by atoms with Crippen LogP contribution in [-0.2, 0) is 16.6 Å². The predicted molar refractivity (Wildman–Crippen MR) is 67.2 cm³/mol. The Morgan fingerprint density at radius 2 is 1.55 bits per heavy atom. The monoisotopic (exact) mass is 303 g/mol. The van der Waals surface area contributed by atoms with Crippen LogP contribution in [0.1, 0.15) is 5.56 Å². The van der Waals surface area contributed by atoms with Crippen molar-refractivity contribution in [3.63, 3.8) is 0 Å². The van der Waals surface area contributed by atoms with Crippen LogP contribution >= 0.6 is 0 Å². The molecule has 0 bridgehead atoms. The Morgan fingerprint density at radius 1 is 0.950 bits per heavy atom. The fourth-order valence-electron chi connectivity index (χ4n) is 1.66. The molecule has 0 aliphatic carbocycles. The van der Waals surface area contributed by atoms with Crippen LogP contribution in [0.15, 0.2) is 35.2 Å². The molecule has 0 aliphatic heterocycles. The van der Waals surface area contributed by atoms with Gasteiger partial charge in [-0.05, 0) is 30.3 Å². The van der Waals surface area contributed by atoms with Crippen LogP contribution in [0, 0.1) is 23.3 Å². The Bertz CT molecular complexity index is 667. The van der Waals surface area contributed by atoms with Crippen molar-refractivity contribution in [1.29, 1.82) is 0 Å². The molecule has 0 heterocycles. The number of benzene rings is 2. The molecule has 2 nitrogen and oxygen atoms in total. The number of nitrogens with two attached hydrogens (primary N) is 1. The highest BCUT2D eigenvalue weighted by atomic mass is 32.2. The van der Waals surface area contributed by atoms with E-state index in [0.29, 0.717) is 0 Å². The highest BCUT2D eigenvalue weighted by Gasteiger charge is 2.19. The van der Waals surface area contributed by atoms with E-state index in [1.807, 2.05) is 0 Å². The van der Waals surface area contributed by atoms with Crippen molar-refractivity contribution in [3.05, 3.63) is 59.2 Å². The molecule has 0 amide bonds. The van der Waals surface area contributed by atoms with E-state index in [1.54, 1.807) is 0 Å². The summed E-state index contributed by atoms with van der Waals surface area (Å²) >= 11 is 0. The van der Waals surface area contributed by atoms with Crippen molar-refractivity contribution in [2.45, 2.75) is 10.6 Å². The second-order valence-electron chi connectivity index (χ2n) is 4.04. The topological polar surface area (TPSA) is 43.1 Å². The lowest BCUT2D eigenvalue weighted by atomic mass is 10.2. The Kier molecular flexibility index (Phi) is 4.08. The third-order valence-electron chi connectivity index (χ3n) is 2.54. The van der Waals surface area contributed by atoms with Gasteiger partial charge in [-0.2, -0.15) is 0 Å². The van der Waals surface area contributed by atoms with Crippen molar-refractivity contribution >= 4 is 16.5 Å². The fraction of sp³-hybridized carbons (Fsp3) is 0.0769. The third-order valence-corrected chi connectivity index (χ3v) is 3.96. The standard InChI is InChI=1S/C13H9F4NOS/c14-8-1-2-10(15)7(3-8)6-20(19)13-11(16)4-9(18)5-12(13)17/h1-5H,6,18H2. The largest absolute Gasteiger partial charge is 0.399 e. The number of rotatable bonds is 3. The van der Waals surface area contributed by atoms with Gasteiger partial charge >= 0.3 is 0 Å². The number of hydrogen-bond acceptors (Lipinski definition) is 2. The molecule has 7 heteroatoms. The predicted octanol–water partition coefficient (Wildman–Crippen LogP) is 3.13. The van der Waals surface area contributed by atoms with Crippen LogP contribution in [-0.4, -0.2) is 4.21 Å². The molecular weight excluding hydrogens is 294 g/mol. The fourth-order valence-corrected chi connectivity index (χ4v) is 2.87. The summed E-state index contributed by atoms with van der Waals surface area (Å²) in [5.41, 5.74) is 4.86. The summed E-state index contributed by atoms with van der Waals surface area (Å²) in [4.78, 5) is -0.706. The zero-order chi connectivity index (χ0) is 14.9. The maximum Gasteiger partial charge on any atom is 0.144 e. The van der Waals surface area contributed by atoms with Gasteiger partial charge in [0.15, 0.2) is 0 Å². The molecule has 0 spiro atoms. The van der Waals surface area contributed by atoms with Crippen LogP contribution < -0.4 is 5.73 Å².